The van der Waals surface area contributed by atoms with E-state index in [1.807, 2.05) is 12.1 Å². The highest BCUT2D eigenvalue weighted by atomic mass is 79.9. The lowest BCUT2D eigenvalue weighted by Crippen LogP contribution is -2.65. The lowest BCUT2D eigenvalue weighted by Gasteiger charge is -2.50. The fourth-order valence-electron chi connectivity index (χ4n) is 6.38. The first-order valence-corrected chi connectivity index (χ1v) is 18.4. The number of hydrogen-bond donors (Lipinski definition) is 3. The van der Waals surface area contributed by atoms with Gasteiger partial charge in [-0.3, -0.25) is 4.90 Å². The van der Waals surface area contributed by atoms with Crippen LogP contribution in [0.5, 0.6) is 17.2 Å². The number of rotatable bonds is 10. The number of hydrogen-bond acceptors (Lipinski definition) is 10. The summed E-state index contributed by atoms with van der Waals surface area (Å²) in [5.74, 6) is 3.34. The van der Waals surface area contributed by atoms with Gasteiger partial charge in [-0.1, -0.05) is 14.8 Å². The van der Waals surface area contributed by atoms with Gasteiger partial charge >= 0.3 is 0 Å². The topological polar surface area (TPSA) is 104 Å². The van der Waals surface area contributed by atoms with E-state index in [0.717, 1.165) is 70.7 Å². The number of aromatic nitrogens is 2. The Balaban J connectivity index is 1.20. The average molecular weight is 704 g/mol. The summed E-state index contributed by atoms with van der Waals surface area (Å²) >= 11 is 3.62. The number of alkyl halides is 1. The molecule has 3 N–H and O–H groups in total. The summed E-state index contributed by atoms with van der Waals surface area (Å²) in [5.41, 5.74) is 2.63. The molecule has 0 aliphatic carbocycles. The van der Waals surface area contributed by atoms with Crippen molar-refractivity contribution in [2.24, 2.45) is 0 Å². The molecule has 0 atom stereocenters. The molecule has 3 aliphatic rings. The van der Waals surface area contributed by atoms with Gasteiger partial charge in [-0.15, -0.1) is 0 Å². The van der Waals surface area contributed by atoms with Crippen LogP contribution in [0.15, 0.2) is 34.9 Å². The van der Waals surface area contributed by atoms with Crippen LogP contribution in [0, 0.1) is 0 Å². The van der Waals surface area contributed by atoms with Crippen LogP contribution in [0.2, 0.25) is 0 Å². The second-order valence-corrected chi connectivity index (χ2v) is 15.1. The SMILES string of the molecule is CCc1cc(Nc2ncc(Br)c(Nc3ccc4c(c3P(C)C)OCCO4)n2)c(OC)cc1N1CCC(N2CC(F)(CO)C2)CC1. The summed E-state index contributed by atoms with van der Waals surface area (Å²) in [6, 6.07) is 8.51. The molecule has 3 aliphatic heterocycles. The number of halogens is 2. The van der Waals surface area contributed by atoms with Crippen LogP contribution >= 0.6 is 23.9 Å². The van der Waals surface area contributed by atoms with Crippen LogP contribution in [-0.4, -0.2) is 98.1 Å². The first-order valence-electron chi connectivity index (χ1n) is 15.4. The van der Waals surface area contributed by atoms with E-state index in [1.54, 1.807) is 13.3 Å². The number of anilines is 5. The van der Waals surface area contributed by atoms with Gasteiger partial charge in [0, 0.05) is 55.5 Å². The number of aliphatic hydroxyl groups excluding tert-OH is 1. The molecule has 2 saturated heterocycles. The molecular formula is C32H41BrFN6O4P. The molecule has 1 aromatic heterocycles. The molecule has 6 rings (SSSR count). The molecule has 0 unspecified atom stereocenters. The van der Waals surface area contributed by atoms with Crippen molar-refractivity contribution < 1.29 is 23.7 Å². The third-order valence-corrected chi connectivity index (χ3v) is 10.7. The molecule has 0 radical (unpaired) electrons. The second-order valence-electron chi connectivity index (χ2n) is 12.0. The van der Waals surface area contributed by atoms with Crippen molar-refractivity contribution in [2.45, 2.75) is 37.9 Å². The quantitative estimate of drug-likeness (QED) is 0.237. The summed E-state index contributed by atoms with van der Waals surface area (Å²) < 4.78 is 32.7. The maximum atomic E-state index is 14.3. The maximum absolute atomic E-state index is 14.3. The van der Waals surface area contributed by atoms with Gasteiger partial charge in [-0.25, -0.2) is 9.37 Å². The standard InChI is InChI=1S/C32H41BrFN6O4P/c1-5-20-14-24(27(42-2)15-25(20)39-10-8-21(9-11-39)40-17-32(34,18-40)19-41)37-31-35-16-22(33)30(38-31)36-23-6-7-26-28(29(23)45(3)4)44-13-12-43-26/h6-7,14-16,21,41H,5,8-13,17-19H2,1-4H3,(H2,35,36,37,38). The minimum absolute atomic E-state index is 0.328. The number of aliphatic hydroxyl groups is 1. The van der Waals surface area contributed by atoms with Crippen molar-refractivity contribution in [1.82, 2.24) is 14.9 Å². The van der Waals surface area contributed by atoms with E-state index < -0.39 is 20.2 Å². The molecule has 2 fully saturated rings. The van der Waals surface area contributed by atoms with Gasteiger partial charge in [-0.2, -0.15) is 4.98 Å². The lowest BCUT2D eigenvalue weighted by molar-refractivity contribution is -0.0896. The minimum Gasteiger partial charge on any atom is -0.494 e. The van der Waals surface area contributed by atoms with Crippen molar-refractivity contribution in [3.05, 3.63) is 40.5 Å². The molecule has 3 aromatic rings. The average Bonchev–Trinajstić information content (AvgIpc) is 3.04. The van der Waals surface area contributed by atoms with E-state index in [0.29, 0.717) is 49.9 Å². The zero-order valence-corrected chi connectivity index (χ0v) is 28.7. The van der Waals surface area contributed by atoms with Crippen LogP contribution < -0.4 is 35.0 Å². The van der Waals surface area contributed by atoms with Gasteiger partial charge in [0.25, 0.3) is 0 Å². The van der Waals surface area contributed by atoms with Gasteiger partial charge in [0.15, 0.2) is 17.2 Å². The van der Waals surface area contributed by atoms with Gasteiger partial charge in [-0.05, 0) is 72.3 Å². The van der Waals surface area contributed by atoms with E-state index >= 15 is 0 Å². The molecule has 0 spiro atoms. The summed E-state index contributed by atoms with van der Waals surface area (Å²) in [5, 5.41) is 17.3. The van der Waals surface area contributed by atoms with Crippen LogP contribution in [0.3, 0.4) is 0 Å². The van der Waals surface area contributed by atoms with Crippen molar-refractivity contribution in [2.75, 3.05) is 82.0 Å². The maximum Gasteiger partial charge on any atom is 0.229 e. The Morgan fingerprint density at radius 2 is 1.89 bits per heavy atom. The molecule has 0 amide bonds. The normalized spacial score (nSPS) is 18.1. The largest absolute Gasteiger partial charge is 0.494 e. The number of methoxy groups -OCH3 is 1. The number of nitrogens with zero attached hydrogens (tertiary/aromatic N) is 4. The molecule has 4 heterocycles. The zero-order chi connectivity index (χ0) is 31.7. The predicted molar refractivity (Wildman–Crippen MR) is 182 cm³/mol. The Morgan fingerprint density at radius 3 is 2.58 bits per heavy atom. The van der Waals surface area contributed by atoms with Crippen LogP contribution in [0.1, 0.15) is 25.3 Å². The third-order valence-electron chi connectivity index (χ3n) is 8.73. The monoisotopic (exact) mass is 702 g/mol. The van der Waals surface area contributed by atoms with Gasteiger partial charge in [0.1, 0.15) is 24.8 Å². The second kappa shape index (κ2) is 13.4. The third kappa shape index (κ3) is 6.66. The van der Waals surface area contributed by atoms with Crippen LogP contribution in [0.4, 0.5) is 33.2 Å². The van der Waals surface area contributed by atoms with Crippen molar-refractivity contribution in [1.29, 1.82) is 0 Å². The van der Waals surface area contributed by atoms with E-state index in [4.69, 9.17) is 19.2 Å². The number of nitrogens with one attached hydrogen (secondary N) is 2. The first kappa shape index (κ1) is 32.0. The fraction of sp³-hybridized carbons (Fsp3) is 0.500. The Bertz CT molecular complexity index is 1530. The highest BCUT2D eigenvalue weighted by molar-refractivity contribution is 9.10. The minimum atomic E-state index is -1.43. The number of likely N-dealkylation sites (tertiary alicyclic amines) is 1. The number of piperidine rings is 1. The zero-order valence-electron chi connectivity index (χ0n) is 26.2. The van der Waals surface area contributed by atoms with Crippen LogP contribution in [0.25, 0.3) is 0 Å². The molecule has 2 aromatic carbocycles. The summed E-state index contributed by atoms with van der Waals surface area (Å²) in [6.07, 6.45) is 4.49. The number of ether oxygens (including phenoxy) is 3. The van der Waals surface area contributed by atoms with Crippen molar-refractivity contribution >= 4 is 58.0 Å². The number of fused-ring (bicyclic) bond motifs is 1. The van der Waals surface area contributed by atoms with Gasteiger partial charge < -0.3 is 34.9 Å². The summed E-state index contributed by atoms with van der Waals surface area (Å²) in [4.78, 5) is 13.9. The Labute approximate surface area is 273 Å². The summed E-state index contributed by atoms with van der Waals surface area (Å²) in [7, 11) is 1.17. The molecular weight excluding hydrogens is 662 g/mol. The van der Waals surface area contributed by atoms with Gasteiger partial charge in [0.2, 0.25) is 5.95 Å². The highest BCUT2D eigenvalue weighted by Gasteiger charge is 2.46. The molecule has 242 valence electrons. The van der Waals surface area contributed by atoms with E-state index in [-0.39, 0.29) is 0 Å². The fourth-order valence-corrected chi connectivity index (χ4v) is 7.86. The van der Waals surface area contributed by atoms with E-state index in [2.05, 4.69) is 73.7 Å². The van der Waals surface area contributed by atoms with E-state index in [9.17, 15) is 9.50 Å². The first-order chi connectivity index (χ1) is 21.7. The predicted octanol–water partition coefficient (Wildman–Crippen LogP) is 5.42. The summed E-state index contributed by atoms with van der Waals surface area (Å²) in [6.45, 7) is 9.64. The molecule has 10 nitrogen and oxygen atoms in total. The van der Waals surface area contributed by atoms with Crippen molar-refractivity contribution in [3.8, 4) is 17.2 Å². The molecule has 13 heteroatoms. The van der Waals surface area contributed by atoms with Crippen LogP contribution in [-0.2, 0) is 6.42 Å². The van der Waals surface area contributed by atoms with Crippen molar-refractivity contribution in [3.63, 3.8) is 0 Å². The van der Waals surface area contributed by atoms with E-state index in [1.165, 1.54) is 5.56 Å². The molecule has 0 bridgehead atoms. The Morgan fingerprint density at radius 1 is 1.13 bits per heavy atom. The highest BCUT2D eigenvalue weighted by Crippen LogP contribution is 2.42. The smallest absolute Gasteiger partial charge is 0.229 e. The lowest BCUT2D eigenvalue weighted by atomic mass is 9.91. The number of aryl methyl sites for hydroxylation is 1. The number of benzene rings is 2. The van der Waals surface area contributed by atoms with Gasteiger partial charge in [0.05, 0.1) is 29.6 Å². The molecule has 45 heavy (non-hydrogen) atoms. The molecule has 0 saturated carbocycles. The Kier molecular flexibility index (Phi) is 9.57. The Hall–Kier alpha value is -2.92.